The molecule has 8 nitrogen and oxygen atoms in total. The summed E-state index contributed by atoms with van der Waals surface area (Å²) in [6, 6.07) is 4.44. The van der Waals surface area contributed by atoms with Crippen molar-refractivity contribution in [3.63, 3.8) is 0 Å². The summed E-state index contributed by atoms with van der Waals surface area (Å²) in [7, 11) is 0. The minimum Gasteiger partial charge on any atom is -0.355 e. The molecule has 4 heterocycles. The second-order valence-corrected chi connectivity index (χ2v) is 8.03. The van der Waals surface area contributed by atoms with E-state index < -0.39 is 11.5 Å². The molecule has 1 saturated carbocycles. The smallest absolute Gasteiger partial charge is 0.281 e. The van der Waals surface area contributed by atoms with Gasteiger partial charge >= 0.3 is 0 Å². The molecule has 0 spiro atoms. The van der Waals surface area contributed by atoms with Crippen LogP contribution in [-0.4, -0.2) is 35.6 Å². The molecule has 0 N–H and O–H groups in total. The molecule has 2 aliphatic rings. The van der Waals surface area contributed by atoms with Crippen molar-refractivity contribution in [2.45, 2.75) is 44.2 Å². The Morgan fingerprint density at radius 2 is 2.14 bits per heavy atom. The van der Waals surface area contributed by atoms with Crippen LogP contribution in [-0.2, 0) is 10.5 Å². The first-order chi connectivity index (χ1) is 14.1. The van der Waals surface area contributed by atoms with E-state index in [9.17, 15) is 9.18 Å². The van der Waals surface area contributed by atoms with Gasteiger partial charge in [0, 0.05) is 12.5 Å². The molecule has 3 aromatic heterocycles. The van der Waals surface area contributed by atoms with E-state index in [1.165, 1.54) is 12.1 Å². The average Bonchev–Trinajstić information content (AvgIpc) is 3.08. The molecule has 0 amide bonds. The van der Waals surface area contributed by atoms with Crippen LogP contribution < -0.4 is 5.56 Å². The number of aromatic nitrogens is 6. The monoisotopic (exact) mass is 394 g/mol. The zero-order valence-electron chi connectivity index (χ0n) is 15.9. The molecule has 148 valence electrons. The summed E-state index contributed by atoms with van der Waals surface area (Å²) < 4.78 is 25.0. The van der Waals surface area contributed by atoms with Crippen molar-refractivity contribution < 1.29 is 9.13 Å². The van der Waals surface area contributed by atoms with E-state index in [0.717, 1.165) is 25.0 Å². The largest absolute Gasteiger partial charge is 0.355 e. The van der Waals surface area contributed by atoms with Gasteiger partial charge in [-0.3, -0.25) is 13.8 Å². The zero-order valence-corrected chi connectivity index (χ0v) is 15.9. The Hall–Kier alpha value is -3.07. The molecule has 1 aromatic carbocycles. The molecule has 0 bridgehead atoms. The Balaban J connectivity index is 1.73. The number of benzene rings is 1. The van der Waals surface area contributed by atoms with Crippen molar-refractivity contribution >= 4 is 16.6 Å². The normalized spacial score (nSPS) is 22.1. The number of hydrogen-bond acceptors (Lipinski definition) is 5. The van der Waals surface area contributed by atoms with E-state index in [2.05, 4.69) is 15.3 Å². The number of imidazole rings is 1. The van der Waals surface area contributed by atoms with Crippen molar-refractivity contribution in [2.75, 3.05) is 6.61 Å². The molecule has 29 heavy (non-hydrogen) atoms. The second kappa shape index (κ2) is 5.73. The third kappa shape index (κ3) is 2.33. The van der Waals surface area contributed by atoms with Gasteiger partial charge in [0.05, 0.1) is 22.9 Å². The fourth-order valence-corrected chi connectivity index (χ4v) is 4.45. The molecule has 1 aliphatic heterocycles. The molecule has 1 saturated heterocycles. The van der Waals surface area contributed by atoms with Gasteiger partial charge in [-0.2, -0.15) is 4.68 Å². The standard InChI is InChI=1S/C20H19FN6O2/c1-20(7-2-8-29-20)26-15-9-13(21)5-6-14(15)25-11-22-18(17(25)19(26)28)27-16(10-23-24-27)12-3-4-12/h5-6,9-12H,2-4,7-8H2,1H3. The Labute approximate surface area is 164 Å². The van der Waals surface area contributed by atoms with Crippen LogP contribution in [0.2, 0.25) is 0 Å². The molecule has 2 fully saturated rings. The lowest BCUT2D eigenvalue weighted by atomic mass is 10.1. The minimum atomic E-state index is -0.839. The third-order valence-corrected chi connectivity index (χ3v) is 6.03. The summed E-state index contributed by atoms with van der Waals surface area (Å²) in [5, 5.41) is 8.25. The first kappa shape index (κ1) is 16.8. The number of rotatable bonds is 3. The highest BCUT2D eigenvalue weighted by molar-refractivity contribution is 5.81. The van der Waals surface area contributed by atoms with Gasteiger partial charge in [0.25, 0.3) is 5.56 Å². The SMILES string of the molecule is CC1(n2c(=O)c3c(-n4nncc4C4CC4)ncn3c3ccc(F)cc32)CCCO1. The minimum absolute atomic E-state index is 0.280. The van der Waals surface area contributed by atoms with Crippen LogP contribution in [0.3, 0.4) is 0 Å². The molecule has 9 heteroatoms. The number of halogens is 1. The maximum absolute atomic E-state index is 14.1. The summed E-state index contributed by atoms with van der Waals surface area (Å²) in [5.74, 6) is 0.435. The maximum Gasteiger partial charge on any atom is 0.281 e. The lowest BCUT2D eigenvalue weighted by Gasteiger charge is -2.28. The summed E-state index contributed by atoms with van der Waals surface area (Å²) in [4.78, 5) is 18.3. The first-order valence-electron chi connectivity index (χ1n) is 9.83. The van der Waals surface area contributed by atoms with E-state index in [0.29, 0.717) is 41.3 Å². The highest BCUT2D eigenvalue weighted by atomic mass is 19.1. The van der Waals surface area contributed by atoms with Crippen molar-refractivity contribution in [2.24, 2.45) is 0 Å². The summed E-state index contributed by atoms with van der Waals surface area (Å²) in [5.41, 5.74) is 1.39. The predicted molar refractivity (Wildman–Crippen MR) is 103 cm³/mol. The van der Waals surface area contributed by atoms with E-state index in [4.69, 9.17) is 4.74 Å². The lowest BCUT2D eigenvalue weighted by Crippen LogP contribution is -2.39. The van der Waals surface area contributed by atoms with Crippen LogP contribution in [0.5, 0.6) is 0 Å². The van der Waals surface area contributed by atoms with Gasteiger partial charge in [-0.15, -0.1) is 5.10 Å². The number of nitrogens with zero attached hydrogens (tertiary/aromatic N) is 6. The zero-order chi connectivity index (χ0) is 19.8. The highest BCUT2D eigenvalue weighted by Gasteiger charge is 2.36. The van der Waals surface area contributed by atoms with Crippen molar-refractivity contribution in [1.82, 2.24) is 28.9 Å². The van der Waals surface area contributed by atoms with Crippen LogP contribution in [0.15, 0.2) is 35.5 Å². The Morgan fingerprint density at radius 1 is 1.28 bits per heavy atom. The predicted octanol–water partition coefficient (Wildman–Crippen LogP) is 2.73. The summed E-state index contributed by atoms with van der Waals surface area (Å²) >= 11 is 0. The maximum atomic E-state index is 14.1. The van der Waals surface area contributed by atoms with E-state index >= 15 is 0 Å². The average molecular weight is 394 g/mol. The van der Waals surface area contributed by atoms with Crippen LogP contribution in [0.25, 0.3) is 22.4 Å². The van der Waals surface area contributed by atoms with Crippen molar-refractivity contribution in [3.8, 4) is 5.82 Å². The van der Waals surface area contributed by atoms with Gasteiger partial charge in [-0.1, -0.05) is 5.21 Å². The molecule has 6 rings (SSSR count). The van der Waals surface area contributed by atoms with Gasteiger partial charge in [0.1, 0.15) is 17.9 Å². The van der Waals surface area contributed by atoms with E-state index in [1.807, 2.05) is 6.92 Å². The van der Waals surface area contributed by atoms with Gasteiger partial charge in [-0.25, -0.2) is 9.37 Å². The first-order valence-corrected chi connectivity index (χ1v) is 9.83. The van der Waals surface area contributed by atoms with Gasteiger partial charge in [-0.05, 0) is 50.8 Å². The number of fused-ring (bicyclic) bond motifs is 3. The summed E-state index contributed by atoms with van der Waals surface area (Å²) in [6.07, 6.45) is 7.00. The molecule has 1 unspecified atom stereocenters. The number of hydrogen-bond donors (Lipinski definition) is 0. The molecular weight excluding hydrogens is 375 g/mol. The van der Waals surface area contributed by atoms with E-state index in [-0.39, 0.29) is 5.56 Å². The Morgan fingerprint density at radius 3 is 2.90 bits per heavy atom. The molecule has 1 aliphatic carbocycles. The Kier molecular flexibility index (Phi) is 3.33. The highest BCUT2D eigenvalue weighted by Crippen LogP contribution is 2.40. The van der Waals surface area contributed by atoms with Gasteiger partial charge < -0.3 is 4.74 Å². The summed E-state index contributed by atoms with van der Waals surface area (Å²) in [6.45, 7) is 2.44. The van der Waals surface area contributed by atoms with Crippen LogP contribution in [0.4, 0.5) is 4.39 Å². The van der Waals surface area contributed by atoms with Gasteiger partial charge in [0.15, 0.2) is 11.3 Å². The quantitative estimate of drug-likeness (QED) is 0.534. The van der Waals surface area contributed by atoms with Crippen molar-refractivity contribution in [3.05, 3.63) is 52.6 Å². The fraction of sp³-hybridized carbons (Fsp3) is 0.400. The molecular formula is C20H19FN6O2. The second-order valence-electron chi connectivity index (χ2n) is 8.03. The van der Waals surface area contributed by atoms with E-state index in [1.54, 1.807) is 32.2 Å². The topological polar surface area (TPSA) is 79.2 Å². The molecule has 1 atom stereocenters. The number of ether oxygens (including phenoxy) is 1. The van der Waals surface area contributed by atoms with Crippen LogP contribution in [0, 0.1) is 5.82 Å². The molecule has 0 radical (unpaired) electrons. The fourth-order valence-electron chi connectivity index (χ4n) is 4.45. The molecule has 4 aromatic rings. The van der Waals surface area contributed by atoms with Gasteiger partial charge in [0.2, 0.25) is 0 Å². The van der Waals surface area contributed by atoms with Crippen molar-refractivity contribution in [1.29, 1.82) is 0 Å². The van der Waals surface area contributed by atoms with Crippen LogP contribution >= 0.6 is 0 Å². The third-order valence-electron chi connectivity index (χ3n) is 6.03. The van der Waals surface area contributed by atoms with Crippen LogP contribution in [0.1, 0.15) is 44.2 Å². The lowest BCUT2D eigenvalue weighted by molar-refractivity contribution is -0.0448. The Bertz CT molecular complexity index is 1330.